The Morgan fingerprint density at radius 2 is 2.44 bits per heavy atom. The lowest BCUT2D eigenvalue weighted by Gasteiger charge is -2.11. The molecule has 82 valence electrons. The van der Waals surface area contributed by atoms with Crippen molar-refractivity contribution >= 4 is 11.7 Å². The minimum Gasteiger partial charge on any atom is -0.299 e. The second-order valence-corrected chi connectivity index (χ2v) is 2.53. The van der Waals surface area contributed by atoms with E-state index in [-0.39, 0.29) is 11.7 Å². The predicted octanol–water partition coefficient (Wildman–Crippen LogP) is -0.0756. The normalized spacial score (nSPS) is 23.9. The molecule has 1 atom stereocenters. The summed E-state index contributed by atoms with van der Waals surface area (Å²) in [5.74, 6) is -1.75. The van der Waals surface area contributed by atoms with Crippen molar-refractivity contribution in [2.24, 2.45) is 26.2 Å². The van der Waals surface area contributed by atoms with E-state index in [2.05, 4.69) is 50.8 Å². The smallest absolute Gasteiger partial charge is 0.247 e. The third kappa shape index (κ3) is 1.78. The van der Waals surface area contributed by atoms with Gasteiger partial charge in [-0.3, -0.25) is 10.7 Å². The molecule has 0 amide bonds. The SMILES string of the molecule is [N-]=[N+]=NC1(N)NON=C1N=Nc1cnon1. The molecule has 0 bridgehead atoms. The van der Waals surface area contributed by atoms with Crippen molar-refractivity contribution in [2.45, 2.75) is 5.79 Å². The first kappa shape index (κ1) is 9.97. The van der Waals surface area contributed by atoms with E-state index in [1.54, 1.807) is 0 Å². The number of azide groups is 1. The first-order valence-electron chi connectivity index (χ1n) is 3.81. The topological polar surface area (TPSA) is 172 Å². The van der Waals surface area contributed by atoms with E-state index in [9.17, 15) is 0 Å². The van der Waals surface area contributed by atoms with Crippen LogP contribution in [0.3, 0.4) is 0 Å². The van der Waals surface area contributed by atoms with Gasteiger partial charge in [-0.15, -0.1) is 10.2 Å². The maximum Gasteiger partial charge on any atom is 0.247 e. The standard InChI is InChI=1S/C4H4N10O2/c5-4(12-14-6)3(11-16-13-4)9-8-2-1-7-15-10-2/h1,13H,5H2. The zero-order valence-corrected chi connectivity index (χ0v) is 7.55. The summed E-state index contributed by atoms with van der Waals surface area (Å²) in [4.78, 5) is 6.94. The lowest BCUT2D eigenvalue weighted by Crippen LogP contribution is -2.52. The van der Waals surface area contributed by atoms with Gasteiger partial charge in [0.1, 0.15) is 6.20 Å². The number of hydroxylamine groups is 1. The summed E-state index contributed by atoms with van der Waals surface area (Å²) >= 11 is 0. The average molecular weight is 224 g/mol. The Bertz CT molecular complexity index is 471. The Kier molecular flexibility index (Phi) is 2.43. The Hall–Kier alpha value is -2.56. The fourth-order valence-electron chi connectivity index (χ4n) is 0.783. The van der Waals surface area contributed by atoms with Crippen LogP contribution in [0.4, 0.5) is 5.82 Å². The molecule has 3 N–H and O–H groups in total. The zero-order chi connectivity index (χ0) is 11.4. The van der Waals surface area contributed by atoms with Crippen LogP contribution >= 0.6 is 0 Å². The van der Waals surface area contributed by atoms with Crippen LogP contribution in [0.15, 0.2) is 31.3 Å². The van der Waals surface area contributed by atoms with Crippen molar-refractivity contribution in [3.63, 3.8) is 0 Å². The lowest BCUT2D eigenvalue weighted by molar-refractivity contribution is 0.0352. The molecular formula is C4H4N10O2. The van der Waals surface area contributed by atoms with Gasteiger partial charge in [0.25, 0.3) is 0 Å². The molecular weight excluding hydrogens is 220 g/mol. The van der Waals surface area contributed by atoms with Crippen molar-refractivity contribution in [1.29, 1.82) is 0 Å². The van der Waals surface area contributed by atoms with Gasteiger partial charge in [0.05, 0.1) is 0 Å². The molecule has 1 aliphatic rings. The van der Waals surface area contributed by atoms with Crippen molar-refractivity contribution in [2.75, 3.05) is 0 Å². The fourth-order valence-corrected chi connectivity index (χ4v) is 0.783. The summed E-state index contributed by atoms with van der Waals surface area (Å²) in [6.07, 6.45) is 1.22. The molecule has 0 aromatic carbocycles. The summed E-state index contributed by atoms with van der Waals surface area (Å²) in [7, 11) is 0. The summed E-state index contributed by atoms with van der Waals surface area (Å²) < 4.78 is 4.28. The van der Waals surface area contributed by atoms with Gasteiger partial charge in [-0.2, -0.15) is 0 Å². The minimum atomic E-state index is -1.70. The summed E-state index contributed by atoms with van der Waals surface area (Å²) in [5, 5.41) is 20.4. The number of nitrogens with two attached hydrogens (primary N) is 1. The van der Waals surface area contributed by atoms with E-state index >= 15 is 0 Å². The first-order valence-corrected chi connectivity index (χ1v) is 3.81. The minimum absolute atomic E-state index is 0.109. The van der Waals surface area contributed by atoms with Crippen LogP contribution in [-0.4, -0.2) is 21.9 Å². The van der Waals surface area contributed by atoms with Gasteiger partial charge < -0.3 is 0 Å². The van der Waals surface area contributed by atoms with Gasteiger partial charge in [0, 0.05) is 4.91 Å². The van der Waals surface area contributed by atoms with Crippen LogP contribution in [0.5, 0.6) is 0 Å². The number of amidine groups is 1. The average Bonchev–Trinajstić information content (AvgIpc) is 2.85. The van der Waals surface area contributed by atoms with Gasteiger partial charge in [-0.1, -0.05) is 10.6 Å². The van der Waals surface area contributed by atoms with Gasteiger partial charge in [-0.25, -0.2) is 4.63 Å². The van der Waals surface area contributed by atoms with E-state index in [4.69, 9.17) is 11.3 Å². The van der Waals surface area contributed by atoms with E-state index in [1.807, 2.05) is 0 Å². The van der Waals surface area contributed by atoms with Gasteiger partial charge in [-0.05, 0) is 21.0 Å². The van der Waals surface area contributed by atoms with E-state index in [0.29, 0.717) is 0 Å². The number of rotatable bonds is 2. The summed E-state index contributed by atoms with van der Waals surface area (Å²) in [6, 6.07) is 0. The Morgan fingerprint density at radius 1 is 1.56 bits per heavy atom. The Balaban J connectivity index is 2.19. The first-order chi connectivity index (χ1) is 7.74. The second-order valence-electron chi connectivity index (χ2n) is 2.53. The highest BCUT2D eigenvalue weighted by Gasteiger charge is 2.37. The molecule has 1 aromatic rings. The number of hydrogen-bond acceptors (Lipinski definition) is 10. The molecule has 1 unspecified atom stereocenters. The van der Waals surface area contributed by atoms with Crippen LogP contribution < -0.4 is 11.2 Å². The van der Waals surface area contributed by atoms with Crippen LogP contribution in [0.25, 0.3) is 10.4 Å². The number of oxime groups is 1. The fraction of sp³-hybridized carbons (Fsp3) is 0.250. The predicted molar refractivity (Wildman–Crippen MR) is 46.5 cm³/mol. The number of nitrogens with one attached hydrogen (secondary N) is 1. The molecule has 2 heterocycles. The highest BCUT2D eigenvalue weighted by Crippen LogP contribution is 2.13. The third-order valence-corrected chi connectivity index (χ3v) is 1.47. The highest BCUT2D eigenvalue weighted by molar-refractivity contribution is 5.91. The van der Waals surface area contributed by atoms with E-state index in [1.165, 1.54) is 6.20 Å². The van der Waals surface area contributed by atoms with Gasteiger partial charge in [0.15, 0.2) is 0 Å². The van der Waals surface area contributed by atoms with Crippen molar-refractivity contribution in [3.05, 3.63) is 16.6 Å². The van der Waals surface area contributed by atoms with Gasteiger partial charge >= 0.3 is 0 Å². The molecule has 1 aliphatic heterocycles. The van der Waals surface area contributed by atoms with E-state index in [0.717, 1.165) is 0 Å². The number of azo groups is 1. The molecule has 12 heteroatoms. The van der Waals surface area contributed by atoms with Crippen molar-refractivity contribution < 1.29 is 9.57 Å². The molecule has 0 saturated heterocycles. The Morgan fingerprint density at radius 3 is 3.12 bits per heavy atom. The number of hydrogen-bond donors (Lipinski definition) is 2. The maximum atomic E-state index is 8.28. The zero-order valence-electron chi connectivity index (χ0n) is 7.55. The molecule has 1 aromatic heterocycles. The molecule has 2 rings (SSSR count). The van der Waals surface area contributed by atoms with Crippen LogP contribution in [0.2, 0.25) is 0 Å². The third-order valence-electron chi connectivity index (χ3n) is 1.47. The van der Waals surface area contributed by atoms with Crippen LogP contribution in [-0.2, 0) is 4.94 Å². The van der Waals surface area contributed by atoms with Crippen LogP contribution in [0, 0.1) is 0 Å². The molecule has 16 heavy (non-hydrogen) atoms. The highest BCUT2D eigenvalue weighted by atomic mass is 16.8. The Labute approximate surface area is 86.7 Å². The molecule has 0 spiro atoms. The largest absolute Gasteiger partial charge is 0.299 e. The van der Waals surface area contributed by atoms with Gasteiger partial charge in [0.2, 0.25) is 17.4 Å². The maximum absolute atomic E-state index is 8.28. The number of nitrogens with zero attached hydrogens (tertiary/aromatic N) is 8. The molecule has 0 radical (unpaired) electrons. The lowest BCUT2D eigenvalue weighted by atomic mass is 10.4. The van der Waals surface area contributed by atoms with Crippen LogP contribution in [0.1, 0.15) is 0 Å². The summed E-state index contributed by atoms with van der Waals surface area (Å²) in [5.41, 5.74) is 16.0. The van der Waals surface area contributed by atoms with Crippen molar-refractivity contribution in [3.8, 4) is 0 Å². The quantitative estimate of drug-likeness (QED) is 0.403. The molecule has 0 saturated carbocycles. The van der Waals surface area contributed by atoms with E-state index < -0.39 is 5.79 Å². The van der Waals surface area contributed by atoms with Crippen molar-refractivity contribution in [1.82, 2.24) is 15.8 Å². The molecule has 0 aliphatic carbocycles. The second kappa shape index (κ2) is 3.90. The monoisotopic (exact) mass is 224 g/mol. The number of aromatic nitrogens is 2. The molecule has 12 nitrogen and oxygen atoms in total. The molecule has 0 fully saturated rings. The summed E-state index contributed by atoms with van der Waals surface area (Å²) in [6.45, 7) is 0.